The molecule has 1 aromatic carbocycles. The van der Waals surface area contributed by atoms with Gasteiger partial charge < -0.3 is 9.84 Å². The molecule has 1 aliphatic carbocycles. The van der Waals surface area contributed by atoms with Gasteiger partial charge in [-0.25, -0.2) is 0 Å². The molecular formula is C18H16N2O3. The number of carboxylic acids is 1. The van der Waals surface area contributed by atoms with Crippen molar-refractivity contribution in [1.29, 1.82) is 5.26 Å². The van der Waals surface area contributed by atoms with Crippen LogP contribution in [0, 0.1) is 16.7 Å². The minimum Gasteiger partial charge on any atom is -0.492 e. The summed E-state index contributed by atoms with van der Waals surface area (Å²) in [7, 11) is 0. The molecule has 1 N–H and O–H groups in total. The summed E-state index contributed by atoms with van der Waals surface area (Å²) >= 11 is 0. The van der Waals surface area contributed by atoms with Gasteiger partial charge in [-0.3, -0.25) is 9.78 Å². The number of hydrogen-bond acceptors (Lipinski definition) is 4. The highest BCUT2D eigenvalue weighted by atomic mass is 16.5. The Hall–Kier alpha value is -2.87. The van der Waals surface area contributed by atoms with E-state index in [0.29, 0.717) is 17.9 Å². The molecule has 116 valence electrons. The lowest BCUT2D eigenvalue weighted by Crippen LogP contribution is -2.17. The van der Waals surface area contributed by atoms with Crippen molar-refractivity contribution < 1.29 is 14.6 Å². The quantitative estimate of drug-likeness (QED) is 0.885. The number of hydrogen-bond donors (Lipinski definition) is 1. The number of nitriles is 1. The molecular weight excluding hydrogens is 292 g/mol. The molecule has 0 unspecified atom stereocenters. The average Bonchev–Trinajstić information content (AvgIpc) is 3.32. The molecule has 3 rings (SSSR count). The molecule has 5 heteroatoms. The highest BCUT2D eigenvalue weighted by Crippen LogP contribution is 2.49. The summed E-state index contributed by atoms with van der Waals surface area (Å²) in [4.78, 5) is 15.1. The number of rotatable bonds is 6. The molecule has 0 spiro atoms. The van der Waals surface area contributed by atoms with E-state index >= 15 is 0 Å². The van der Waals surface area contributed by atoms with Crippen LogP contribution in [0.15, 0.2) is 42.7 Å². The Labute approximate surface area is 134 Å². The molecule has 2 aromatic rings. The third-order valence-electron chi connectivity index (χ3n) is 4.12. The maximum Gasteiger partial charge on any atom is 0.304 e. The smallest absolute Gasteiger partial charge is 0.304 e. The van der Waals surface area contributed by atoms with Gasteiger partial charge in [-0.1, -0.05) is 12.1 Å². The van der Waals surface area contributed by atoms with E-state index in [1.165, 1.54) is 0 Å². The zero-order chi connectivity index (χ0) is 16.3. The molecule has 0 bridgehead atoms. The second-order valence-electron chi connectivity index (χ2n) is 5.92. The first kappa shape index (κ1) is 15.0. The molecule has 23 heavy (non-hydrogen) atoms. The number of benzene rings is 1. The van der Waals surface area contributed by atoms with Crippen LogP contribution in [0.2, 0.25) is 0 Å². The van der Waals surface area contributed by atoms with E-state index in [-0.39, 0.29) is 11.8 Å². The summed E-state index contributed by atoms with van der Waals surface area (Å²) in [5.74, 6) is -0.102. The third kappa shape index (κ3) is 3.49. The first-order valence-electron chi connectivity index (χ1n) is 7.41. The Morgan fingerprint density at radius 3 is 2.65 bits per heavy atom. The van der Waals surface area contributed by atoms with Crippen LogP contribution in [0.5, 0.6) is 5.75 Å². The predicted octanol–water partition coefficient (Wildman–Crippen LogP) is 3.25. The van der Waals surface area contributed by atoms with Gasteiger partial charge in [0.1, 0.15) is 5.75 Å². The van der Waals surface area contributed by atoms with Gasteiger partial charge in [0.05, 0.1) is 24.7 Å². The Bertz CT molecular complexity index is 759. The number of nitrogens with zero attached hydrogens (tertiary/aromatic N) is 2. The van der Waals surface area contributed by atoms with Crippen molar-refractivity contribution in [2.75, 3.05) is 6.61 Å². The number of aliphatic carboxylic acids is 1. The highest BCUT2D eigenvalue weighted by Gasteiger charge is 2.45. The van der Waals surface area contributed by atoms with Gasteiger partial charge in [-0.2, -0.15) is 5.26 Å². The summed E-state index contributed by atoms with van der Waals surface area (Å²) in [6, 6.07) is 11.1. The zero-order valence-corrected chi connectivity index (χ0v) is 12.5. The molecule has 1 fully saturated rings. The summed E-state index contributed by atoms with van der Waals surface area (Å²) in [6.45, 7) is 0.395. The summed E-state index contributed by atoms with van der Waals surface area (Å²) < 4.78 is 5.91. The molecule has 1 heterocycles. The van der Waals surface area contributed by atoms with Crippen LogP contribution in [0.3, 0.4) is 0 Å². The van der Waals surface area contributed by atoms with Gasteiger partial charge in [-0.05, 0) is 36.6 Å². The molecule has 1 aromatic heterocycles. The van der Waals surface area contributed by atoms with Crippen LogP contribution in [-0.4, -0.2) is 22.7 Å². The van der Waals surface area contributed by atoms with Crippen molar-refractivity contribution in [3.63, 3.8) is 0 Å². The maximum absolute atomic E-state index is 10.9. The normalized spacial score (nSPS) is 14.7. The first-order valence-corrected chi connectivity index (χ1v) is 7.41. The molecule has 0 atom stereocenters. The van der Waals surface area contributed by atoms with Crippen molar-refractivity contribution >= 4 is 5.97 Å². The van der Waals surface area contributed by atoms with Gasteiger partial charge in [0.15, 0.2) is 0 Å². The fourth-order valence-corrected chi connectivity index (χ4v) is 2.55. The van der Waals surface area contributed by atoms with E-state index in [4.69, 9.17) is 15.1 Å². The Balaban J connectivity index is 1.78. The number of carboxylic acid groups (broad SMARTS) is 1. The Morgan fingerprint density at radius 2 is 2.04 bits per heavy atom. The van der Waals surface area contributed by atoms with E-state index in [1.807, 2.05) is 12.1 Å². The van der Waals surface area contributed by atoms with Gasteiger partial charge in [-0.15, -0.1) is 0 Å². The monoisotopic (exact) mass is 308 g/mol. The van der Waals surface area contributed by atoms with Crippen molar-refractivity contribution in [3.05, 3.63) is 48.3 Å². The third-order valence-corrected chi connectivity index (χ3v) is 4.12. The van der Waals surface area contributed by atoms with Gasteiger partial charge in [0, 0.05) is 23.4 Å². The molecule has 5 nitrogen and oxygen atoms in total. The standard InChI is InChI=1S/C18H16N2O3/c19-10-13-1-3-14(4-2-13)15-11-20-8-5-16(15)23-12-18(6-7-18)9-17(21)22/h1-5,8,11H,6-7,9,12H2,(H,21,22). The molecule has 1 aliphatic rings. The lowest BCUT2D eigenvalue weighted by atomic mass is 10.0. The summed E-state index contributed by atoms with van der Waals surface area (Å²) in [6.07, 6.45) is 5.28. The first-order chi connectivity index (χ1) is 11.1. The van der Waals surface area contributed by atoms with Crippen LogP contribution >= 0.6 is 0 Å². The summed E-state index contributed by atoms with van der Waals surface area (Å²) in [5.41, 5.74) is 2.12. The van der Waals surface area contributed by atoms with Crippen molar-refractivity contribution in [3.8, 4) is 22.9 Å². The van der Waals surface area contributed by atoms with Gasteiger partial charge in [0.25, 0.3) is 0 Å². The van der Waals surface area contributed by atoms with Crippen molar-refractivity contribution in [1.82, 2.24) is 4.98 Å². The minimum absolute atomic E-state index is 0.143. The van der Waals surface area contributed by atoms with E-state index in [9.17, 15) is 4.79 Å². The average molecular weight is 308 g/mol. The Morgan fingerprint density at radius 1 is 1.30 bits per heavy atom. The fourth-order valence-electron chi connectivity index (χ4n) is 2.55. The summed E-state index contributed by atoms with van der Waals surface area (Å²) in [5, 5.41) is 17.8. The fraction of sp³-hybridized carbons (Fsp3) is 0.278. The number of aromatic nitrogens is 1. The van der Waals surface area contributed by atoms with E-state index in [2.05, 4.69) is 11.1 Å². The van der Waals surface area contributed by atoms with Gasteiger partial charge >= 0.3 is 5.97 Å². The number of pyridine rings is 1. The Kier molecular flexibility index (Phi) is 3.98. The zero-order valence-electron chi connectivity index (χ0n) is 12.5. The van der Waals surface area contributed by atoms with E-state index in [1.54, 1.807) is 30.6 Å². The van der Waals surface area contributed by atoms with Crippen LogP contribution in [0.25, 0.3) is 11.1 Å². The second-order valence-corrected chi connectivity index (χ2v) is 5.92. The lowest BCUT2D eigenvalue weighted by Gasteiger charge is -2.16. The maximum atomic E-state index is 10.9. The number of carbonyl (C=O) groups is 1. The second kappa shape index (κ2) is 6.09. The van der Waals surface area contributed by atoms with E-state index in [0.717, 1.165) is 24.0 Å². The lowest BCUT2D eigenvalue weighted by molar-refractivity contribution is -0.138. The topological polar surface area (TPSA) is 83.2 Å². The predicted molar refractivity (Wildman–Crippen MR) is 83.8 cm³/mol. The highest BCUT2D eigenvalue weighted by molar-refractivity contribution is 5.70. The van der Waals surface area contributed by atoms with E-state index < -0.39 is 5.97 Å². The van der Waals surface area contributed by atoms with Crippen LogP contribution in [0.4, 0.5) is 0 Å². The van der Waals surface area contributed by atoms with Gasteiger partial charge in [0.2, 0.25) is 0 Å². The van der Waals surface area contributed by atoms with Crippen molar-refractivity contribution in [2.45, 2.75) is 19.3 Å². The molecule has 0 saturated heterocycles. The van der Waals surface area contributed by atoms with Crippen LogP contribution in [0.1, 0.15) is 24.8 Å². The van der Waals surface area contributed by atoms with Crippen LogP contribution in [-0.2, 0) is 4.79 Å². The van der Waals surface area contributed by atoms with Crippen LogP contribution < -0.4 is 4.74 Å². The molecule has 0 aliphatic heterocycles. The largest absolute Gasteiger partial charge is 0.492 e. The number of ether oxygens (including phenoxy) is 1. The molecule has 0 radical (unpaired) electrons. The van der Waals surface area contributed by atoms with Crippen molar-refractivity contribution in [2.24, 2.45) is 5.41 Å². The SMILES string of the molecule is N#Cc1ccc(-c2cnccc2OCC2(CC(=O)O)CC2)cc1. The molecule has 0 amide bonds. The molecule has 1 saturated carbocycles. The minimum atomic E-state index is -0.784.